The van der Waals surface area contributed by atoms with Gasteiger partial charge in [-0.2, -0.15) is 13.2 Å². The van der Waals surface area contributed by atoms with Crippen molar-refractivity contribution in [2.45, 2.75) is 32.5 Å². The first-order valence-electron chi connectivity index (χ1n) is 5.69. The van der Waals surface area contributed by atoms with Crippen LogP contribution in [0, 0.1) is 13.8 Å². The second-order valence-corrected chi connectivity index (χ2v) is 4.32. The molecule has 102 valence electrons. The summed E-state index contributed by atoms with van der Waals surface area (Å²) in [6.45, 7) is 2.49. The van der Waals surface area contributed by atoms with E-state index in [0.29, 0.717) is 5.56 Å². The third-order valence-corrected chi connectivity index (χ3v) is 2.72. The number of aryl methyl sites for hydroxylation is 2. The van der Waals surface area contributed by atoms with Gasteiger partial charge in [-0.25, -0.2) is 0 Å². The van der Waals surface area contributed by atoms with Crippen LogP contribution in [0.15, 0.2) is 18.2 Å². The van der Waals surface area contributed by atoms with Crippen LogP contribution in [-0.4, -0.2) is 24.5 Å². The van der Waals surface area contributed by atoms with Crippen LogP contribution in [0.5, 0.6) is 0 Å². The van der Waals surface area contributed by atoms with Gasteiger partial charge in [-0.3, -0.25) is 0 Å². The molecule has 0 aliphatic rings. The Bertz CT molecular complexity index is 388. The predicted octanol–water partition coefficient (Wildman–Crippen LogP) is 3.31. The fourth-order valence-electron chi connectivity index (χ4n) is 1.52. The van der Waals surface area contributed by atoms with Gasteiger partial charge in [0.15, 0.2) is 0 Å². The van der Waals surface area contributed by atoms with E-state index < -0.39 is 18.9 Å². The quantitative estimate of drug-likeness (QED) is 0.825. The molecule has 0 aliphatic carbocycles. The molecule has 0 saturated carbocycles. The number of hydrogen-bond donors (Lipinski definition) is 1. The molecule has 0 heterocycles. The van der Waals surface area contributed by atoms with Crippen molar-refractivity contribution in [2.24, 2.45) is 0 Å². The molecule has 0 radical (unpaired) electrons. The molecule has 0 aromatic heterocycles. The molecule has 0 saturated heterocycles. The Labute approximate surface area is 104 Å². The minimum absolute atomic E-state index is 0.117. The topological polar surface area (TPSA) is 29.5 Å². The lowest BCUT2D eigenvalue weighted by Gasteiger charge is -2.13. The van der Waals surface area contributed by atoms with Gasteiger partial charge in [0.1, 0.15) is 6.61 Å². The second kappa shape index (κ2) is 6.20. The molecule has 0 bridgehead atoms. The summed E-state index contributed by atoms with van der Waals surface area (Å²) in [5, 5.41) is 9.80. The lowest BCUT2D eigenvalue weighted by molar-refractivity contribution is -0.175. The first kappa shape index (κ1) is 15.0. The molecule has 1 unspecified atom stereocenters. The fraction of sp³-hybridized carbons (Fsp3) is 0.538. The predicted molar refractivity (Wildman–Crippen MR) is 62.4 cm³/mol. The summed E-state index contributed by atoms with van der Waals surface area (Å²) in [6, 6.07) is 5.49. The van der Waals surface area contributed by atoms with Crippen molar-refractivity contribution < 1.29 is 23.0 Å². The van der Waals surface area contributed by atoms with Crippen LogP contribution < -0.4 is 0 Å². The minimum Gasteiger partial charge on any atom is -0.388 e. The fourth-order valence-corrected chi connectivity index (χ4v) is 1.52. The summed E-state index contributed by atoms with van der Waals surface area (Å²) >= 11 is 0. The van der Waals surface area contributed by atoms with E-state index in [2.05, 4.69) is 4.74 Å². The van der Waals surface area contributed by atoms with Gasteiger partial charge in [0.05, 0.1) is 6.10 Å². The SMILES string of the molecule is Cc1ccc(C(O)CCOCC(F)(F)F)cc1C. The minimum atomic E-state index is -4.31. The zero-order valence-electron chi connectivity index (χ0n) is 10.4. The Morgan fingerprint density at radius 2 is 1.89 bits per heavy atom. The highest BCUT2D eigenvalue weighted by Crippen LogP contribution is 2.20. The van der Waals surface area contributed by atoms with Crippen LogP contribution in [0.25, 0.3) is 0 Å². The summed E-state index contributed by atoms with van der Waals surface area (Å²) in [5.41, 5.74) is 2.86. The van der Waals surface area contributed by atoms with Gasteiger partial charge in [-0.15, -0.1) is 0 Å². The number of ether oxygens (including phenoxy) is 1. The van der Waals surface area contributed by atoms with Gasteiger partial charge in [0.25, 0.3) is 0 Å². The average Bonchev–Trinajstić information content (AvgIpc) is 2.26. The maximum absolute atomic E-state index is 11.8. The summed E-state index contributed by atoms with van der Waals surface area (Å²) in [5.74, 6) is 0. The van der Waals surface area contributed by atoms with E-state index in [9.17, 15) is 18.3 Å². The molecule has 18 heavy (non-hydrogen) atoms. The molecule has 1 rings (SSSR count). The van der Waals surface area contributed by atoms with E-state index in [1.807, 2.05) is 26.0 Å². The van der Waals surface area contributed by atoms with E-state index >= 15 is 0 Å². The summed E-state index contributed by atoms with van der Waals surface area (Å²) in [4.78, 5) is 0. The number of halogens is 3. The van der Waals surface area contributed by atoms with Crippen LogP contribution in [0.3, 0.4) is 0 Å². The number of rotatable bonds is 5. The largest absolute Gasteiger partial charge is 0.411 e. The zero-order chi connectivity index (χ0) is 13.8. The number of alkyl halides is 3. The Morgan fingerprint density at radius 3 is 2.44 bits per heavy atom. The number of aliphatic hydroxyl groups excluding tert-OH is 1. The van der Waals surface area contributed by atoms with Crippen LogP contribution in [-0.2, 0) is 4.74 Å². The van der Waals surface area contributed by atoms with Crippen molar-refractivity contribution in [3.8, 4) is 0 Å². The van der Waals surface area contributed by atoms with E-state index in [-0.39, 0.29) is 13.0 Å². The van der Waals surface area contributed by atoms with Crippen molar-refractivity contribution in [2.75, 3.05) is 13.2 Å². The molecule has 0 spiro atoms. The van der Waals surface area contributed by atoms with Gasteiger partial charge < -0.3 is 9.84 Å². The Kier molecular flexibility index (Phi) is 5.16. The molecule has 0 fully saturated rings. The van der Waals surface area contributed by atoms with Gasteiger partial charge in [0.2, 0.25) is 0 Å². The average molecular weight is 262 g/mol. The molecule has 1 atom stereocenters. The Balaban J connectivity index is 2.41. The van der Waals surface area contributed by atoms with Crippen LogP contribution in [0.4, 0.5) is 13.2 Å². The lowest BCUT2D eigenvalue weighted by atomic mass is 10.0. The lowest BCUT2D eigenvalue weighted by Crippen LogP contribution is -2.18. The first-order chi connectivity index (χ1) is 8.29. The number of aliphatic hydroxyl groups is 1. The summed E-state index contributed by atoms with van der Waals surface area (Å²) in [6.07, 6.45) is -4.96. The van der Waals surface area contributed by atoms with E-state index in [0.717, 1.165) is 11.1 Å². The monoisotopic (exact) mass is 262 g/mol. The van der Waals surface area contributed by atoms with E-state index in [1.54, 1.807) is 6.07 Å². The maximum Gasteiger partial charge on any atom is 0.411 e. The zero-order valence-corrected chi connectivity index (χ0v) is 10.4. The highest BCUT2D eigenvalue weighted by atomic mass is 19.4. The van der Waals surface area contributed by atoms with E-state index in [4.69, 9.17) is 0 Å². The van der Waals surface area contributed by atoms with Crippen molar-refractivity contribution in [1.29, 1.82) is 0 Å². The van der Waals surface area contributed by atoms with Crippen molar-refractivity contribution in [3.63, 3.8) is 0 Å². The molecular weight excluding hydrogens is 245 g/mol. The normalized spacial score (nSPS) is 13.7. The third kappa shape index (κ3) is 5.06. The van der Waals surface area contributed by atoms with Gasteiger partial charge in [-0.1, -0.05) is 18.2 Å². The van der Waals surface area contributed by atoms with Crippen LogP contribution in [0.2, 0.25) is 0 Å². The van der Waals surface area contributed by atoms with Gasteiger partial charge in [-0.05, 0) is 30.5 Å². The maximum atomic E-state index is 11.8. The van der Waals surface area contributed by atoms with Crippen molar-refractivity contribution in [1.82, 2.24) is 0 Å². The molecule has 5 heteroatoms. The highest BCUT2D eigenvalue weighted by molar-refractivity contribution is 5.31. The molecule has 1 aromatic carbocycles. The molecule has 1 aromatic rings. The van der Waals surface area contributed by atoms with E-state index in [1.165, 1.54) is 0 Å². The van der Waals surface area contributed by atoms with Crippen molar-refractivity contribution >= 4 is 0 Å². The van der Waals surface area contributed by atoms with Gasteiger partial charge in [0, 0.05) is 13.0 Å². The molecular formula is C13H17F3O2. The van der Waals surface area contributed by atoms with Gasteiger partial charge >= 0.3 is 6.18 Å². The molecule has 2 nitrogen and oxygen atoms in total. The standard InChI is InChI=1S/C13H17F3O2/c1-9-3-4-11(7-10(9)2)12(17)5-6-18-8-13(14,15)16/h3-4,7,12,17H,5-6,8H2,1-2H3. The molecule has 1 N–H and O–H groups in total. The smallest absolute Gasteiger partial charge is 0.388 e. The second-order valence-electron chi connectivity index (χ2n) is 4.32. The van der Waals surface area contributed by atoms with Crippen LogP contribution >= 0.6 is 0 Å². The molecule has 0 aliphatic heterocycles. The Morgan fingerprint density at radius 1 is 1.22 bits per heavy atom. The third-order valence-electron chi connectivity index (χ3n) is 2.72. The molecule has 0 amide bonds. The first-order valence-corrected chi connectivity index (χ1v) is 5.69. The number of benzene rings is 1. The summed E-state index contributed by atoms with van der Waals surface area (Å²) in [7, 11) is 0. The highest BCUT2D eigenvalue weighted by Gasteiger charge is 2.27. The van der Waals surface area contributed by atoms with Crippen LogP contribution in [0.1, 0.15) is 29.2 Å². The number of hydrogen-bond acceptors (Lipinski definition) is 2. The summed E-state index contributed by atoms with van der Waals surface area (Å²) < 4.78 is 39.9. The Hall–Kier alpha value is -1.07. The van der Waals surface area contributed by atoms with Crippen molar-refractivity contribution in [3.05, 3.63) is 34.9 Å².